The van der Waals surface area contributed by atoms with Crippen molar-refractivity contribution >= 4 is 17.9 Å². The Balaban J connectivity index is 4.26. The number of ether oxygens (including phenoxy) is 4. The van der Waals surface area contributed by atoms with Crippen LogP contribution in [-0.4, -0.2) is 87.4 Å². The molecule has 0 aromatic rings. The molecule has 83 heavy (non-hydrogen) atoms. The summed E-state index contributed by atoms with van der Waals surface area (Å²) in [6.45, 7) is 4.62. The summed E-state index contributed by atoms with van der Waals surface area (Å²) >= 11 is 0. The van der Waals surface area contributed by atoms with Gasteiger partial charge in [0.1, 0.15) is 13.2 Å². The highest BCUT2D eigenvalue weighted by atomic mass is 16.7. The third-order valence-electron chi connectivity index (χ3n) is 13.3. The number of aliphatic carboxylic acids is 1. The van der Waals surface area contributed by atoms with Gasteiger partial charge in [-0.15, -0.1) is 0 Å². The van der Waals surface area contributed by atoms with Crippen LogP contribution in [0.15, 0.2) is 158 Å². The standard InChI is InChI=1S/C74H119NO8/c1-6-8-10-12-14-16-18-20-22-24-26-28-30-32-34-35-36-37-39-41-43-45-47-49-51-53-55-57-59-61-63-65-72(77)83-70(69-82-74(73(78)79)80-67-66-75(3,4)5)68-81-71(76)64-62-60-58-56-54-52-50-48-46-44-42-40-38-33-31-29-27-25-23-21-19-17-15-13-11-9-7-2/h8-11,14-17,20-23,26-29,32-34,36-38,41-44,70,74H,6-7,12-13,18-19,24-25,30-31,35,39-40,45-69H2,1-5H3/p+1/b10-8-,11-9-,16-14-,17-15-,22-20-,23-21-,28-26-,29-27-,34-32-,37-36-,38-33-,43-41-,44-42-. The lowest BCUT2D eigenvalue weighted by atomic mass is 10.1. The van der Waals surface area contributed by atoms with Crippen molar-refractivity contribution in [3.63, 3.8) is 0 Å². The topological polar surface area (TPSA) is 108 Å². The fraction of sp³-hybridized carbons (Fsp3) is 0.608. The van der Waals surface area contributed by atoms with Gasteiger partial charge in [-0.2, -0.15) is 0 Å². The number of quaternary nitrogens is 1. The summed E-state index contributed by atoms with van der Waals surface area (Å²) in [5.41, 5.74) is 0. The zero-order valence-corrected chi connectivity index (χ0v) is 53.3. The lowest BCUT2D eigenvalue weighted by molar-refractivity contribution is -0.870. The van der Waals surface area contributed by atoms with Gasteiger partial charge in [0.25, 0.3) is 6.29 Å². The van der Waals surface area contributed by atoms with E-state index in [-0.39, 0.29) is 38.6 Å². The average molecular weight is 1150 g/mol. The Kier molecular flexibility index (Phi) is 59.1. The molecule has 0 aliphatic heterocycles. The number of unbranched alkanes of at least 4 members (excludes halogenated alkanes) is 17. The lowest BCUT2D eigenvalue weighted by Gasteiger charge is -2.25. The van der Waals surface area contributed by atoms with Crippen LogP contribution in [0.4, 0.5) is 0 Å². The molecule has 0 amide bonds. The van der Waals surface area contributed by atoms with Crippen LogP contribution in [0.2, 0.25) is 0 Å². The molecule has 1 N–H and O–H groups in total. The molecule has 0 radical (unpaired) electrons. The van der Waals surface area contributed by atoms with E-state index in [4.69, 9.17) is 18.9 Å². The van der Waals surface area contributed by atoms with Crippen LogP contribution in [0, 0.1) is 0 Å². The molecule has 2 atom stereocenters. The molecule has 2 unspecified atom stereocenters. The number of likely N-dealkylation sites (N-methyl/N-ethyl adjacent to an activating group) is 1. The van der Waals surface area contributed by atoms with Gasteiger partial charge < -0.3 is 28.5 Å². The number of esters is 2. The van der Waals surface area contributed by atoms with Gasteiger partial charge in [-0.1, -0.05) is 255 Å². The lowest BCUT2D eigenvalue weighted by Crippen LogP contribution is -2.40. The molecule has 0 heterocycles. The molecule has 0 saturated heterocycles. The monoisotopic (exact) mass is 1150 g/mol. The molecular formula is C74H120NO8+. The Bertz CT molecular complexity index is 1920. The zero-order valence-electron chi connectivity index (χ0n) is 53.3. The van der Waals surface area contributed by atoms with E-state index in [1.165, 1.54) is 57.8 Å². The Hall–Kier alpha value is -5.09. The highest BCUT2D eigenvalue weighted by molar-refractivity contribution is 5.71. The summed E-state index contributed by atoms with van der Waals surface area (Å²) in [5.74, 6) is -2.04. The largest absolute Gasteiger partial charge is 0.477 e. The van der Waals surface area contributed by atoms with E-state index in [0.717, 1.165) is 141 Å². The van der Waals surface area contributed by atoms with Gasteiger partial charge >= 0.3 is 17.9 Å². The first-order valence-electron chi connectivity index (χ1n) is 32.6. The average Bonchev–Trinajstić information content (AvgIpc) is 3.46. The minimum Gasteiger partial charge on any atom is -0.477 e. The Labute approximate surface area is 508 Å². The van der Waals surface area contributed by atoms with Crippen molar-refractivity contribution in [2.45, 2.75) is 245 Å². The summed E-state index contributed by atoms with van der Waals surface area (Å²) in [7, 11) is 5.96. The Morgan fingerprint density at radius 3 is 0.964 bits per heavy atom. The van der Waals surface area contributed by atoms with E-state index in [1.807, 2.05) is 21.1 Å². The smallest absolute Gasteiger partial charge is 0.361 e. The maximum absolute atomic E-state index is 12.9. The highest BCUT2D eigenvalue weighted by Gasteiger charge is 2.25. The SMILES string of the molecule is CC/C=C\C/C=C\C/C=C\C/C=C\C/C=C\C/C=C\C/C=C\CCCCCCCCCCCC(=O)OC(COC(=O)CCCCCCCCCC/C=C\C/C=C\C/C=C\C/C=C\C/C=C\C/C=C\CC)COC(OCC[N+](C)(C)C)C(=O)O. The summed E-state index contributed by atoms with van der Waals surface area (Å²) in [6.07, 6.45) is 90.4. The first-order chi connectivity index (χ1) is 40.6. The van der Waals surface area contributed by atoms with Crippen molar-refractivity contribution < 1.29 is 42.9 Å². The van der Waals surface area contributed by atoms with Crippen molar-refractivity contribution in [3.8, 4) is 0 Å². The number of hydrogen-bond acceptors (Lipinski definition) is 7. The normalized spacial score (nSPS) is 13.8. The molecule has 0 aromatic carbocycles. The number of allylic oxidation sites excluding steroid dienone is 26. The van der Waals surface area contributed by atoms with Crippen LogP contribution in [0.1, 0.15) is 232 Å². The Morgan fingerprint density at radius 1 is 0.361 bits per heavy atom. The van der Waals surface area contributed by atoms with Crippen LogP contribution in [0.5, 0.6) is 0 Å². The van der Waals surface area contributed by atoms with E-state index in [9.17, 15) is 19.5 Å². The first kappa shape index (κ1) is 77.9. The summed E-state index contributed by atoms with van der Waals surface area (Å²) in [4.78, 5) is 37.6. The van der Waals surface area contributed by atoms with Gasteiger partial charge in [-0.3, -0.25) is 9.59 Å². The van der Waals surface area contributed by atoms with Crippen LogP contribution in [0.25, 0.3) is 0 Å². The highest BCUT2D eigenvalue weighted by Crippen LogP contribution is 2.15. The van der Waals surface area contributed by atoms with Crippen LogP contribution >= 0.6 is 0 Å². The summed E-state index contributed by atoms with van der Waals surface area (Å²) in [5, 5.41) is 9.74. The molecule has 0 aliphatic carbocycles. The number of carboxylic acids is 1. The fourth-order valence-electron chi connectivity index (χ4n) is 8.35. The second-order valence-corrected chi connectivity index (χ2v) is 22.3. The number of carbonyl (C=O) groups excluding carboxylic acids is 2. The van der Waals surface area contributed by atoms with E-state index < -0.39 is 24.3 Å². The van der Waals surface area contributed by atoms with Gasteiger partial charge in [0.15, 0.2) is 6.10 Å². The van der Waals surface area contributed by atoms with E-state index in [2.05, 4.69) is 172 Å². The van der Waals surface area contributed by atoms with Crippen LogP contribution < -0.4 is 0 Å². The minimum atomic E-state index is -1.53. The van der Waals surface area contributed by atoms with Crippen LogP contribution in [0.3, 0.4) is 0 Å². The fourth-order valence-corrected chi connectivity index (χ4v) is 8.35. The van der Waals surface area contributed by atoms with Crippen molar-refractivity contribution in [1.29, 1.82) is 0 Å². The molecule has 9 heteroatoms. The maximum Gasteiger partial charge on any atom is 0.361 e. The quantitative estimate of drug-likeness (QED) is 0.0211. The van der Waals surface area contributed by atoms with Gasteiger partial charge in [0.2, 0.25) is 0 Å². The number of carbonyl (C=O) groups is 3. The molecule has 0 rings (SSSR count). The summed E-state index contributed by atoms with van der Waals surface area (Å²) < 4.78 is 22.9. The molecule has 0 saturated carbocycles. The third kappa shape index (κ3) is 64.3. The van der Waals surface area contributed by atoms with Crippen molar-refractivity contribution in [2.24, 2.45) is 0 Å². The van der Waals surface area contributed by atoms with Gasteiger partial charge in [0, 0.05) is 12.8 Å². The van der Waals surface area contributed by atoms with Crippen LogP contribution in [-0.2, 0) is 33.3 Å². The zero-order chi connectivity index (χ0) is 60.5. The molecule has 9 nitrogen and oxygen atoms in total. The first-order valence-corrected chi connectivity index (χ1v) is 32.6. The molecule has 0 bridgehead atoms. The number of carboxylic acid groups (broad SMARTS) is 1. The van der Waals surface area contributed by atoms with E-state index >= 15 is 0 Å². The summed E-state index contributed by atoms with van der Waals surface area (Å²) in [6, 6.07) is 0. The van der Waals surface area contributed by atoms with E-state index in [1.54, 1.807) is 0 Å². The van der Waals surface area contributed by atoms with Crippen molar-refractivity contribution in [2.75, 3.05) is 47.5 Å². The predicted molar refractivity (Wildman–Crippen MR) is 354 cm³/mol. The predicted octanol–water partition coefficient (Wildman–Crippen LogP) is 20.1. The molecule has 0 aliphatic rings. The number of rotatable bonds is 58. The van der Waals surface area contributed by atoms with Gasteiger partial charge in [0.05, 0.1) is 34.4 Å². The van der Waals surface area contributed by atoms with Crippen molar-refractivity contribution in [3.05, 3.63) is 158 Å². The molecular weight excluding hydrogens is 1030 g/mol. The van der Waals surface area contributed by atoms with E-state index in [0.29, 0.717) is 17.4 Å². The maximum atomic E-state index is 12.9. The van der Waals surface area contributed by atoms with Gasteiger partial charge in [-0.25, -0.2) is 4.79 Å². The van der Waals surface area contributed by atoms with Gasteiger partial charge in [-0.05, 0) is 122 Å². The number of hydrogen-bond donors (Lipinski definition) is 1. The number of nitrogens with zero attached hydrogens (tertiary/aromatic N) is 1. The van der Waals surface area contributed by atoms with Crippen molar-refractivity contribution in [1.82, 2.24) is 0 Å². The second-order valence-electron chi connectivity index (χ2n) is 22.3. The molecule has 0 aromatic heterocycles. The second kappa shape index (κ2) is 62.9. The molecule has 0 spiro atoms. The molecule has 468 valence electrons. The minimum absolute atomic E-state index is 0.176. The third-order valence-corrected chi connectivity index (χ3v) is 13.3. The Morgan fingerprint density at radius 2 is 0.651 bits per heavy atom. The molecule has 0 fully saturated rings.